The van der Waals surface area contributed by atoms with E-state index in [9.17, 15) is 14.7 Å². The summed E-state index contributed by atoms with van der Waals surface area (Å²) in [5.41, 5.74) is 1.51. The van der Waals surface area contributed by atoms with Gasteiger partial charge in [-0.1, -0.05) is 31.5 Å². The molecule has 0 saturated heterocycles. The number of unbranched alkanes of at least 4 members (excludes halogenated alkanes) is 1. The molecule has 0 aromatic heterocycles. The maximum Gasteiger partial charge on any atom is 0.252 e. The van der Waals surface area contributed by atoms with E-state index in [0.29, 0.717) is 18.7 Å². The number of benzene rings is 2. The van der Waals surface area contributed by atoms with Gasteiger partial charge in [-0.25, -0.2) is 0 Å². The topological polar surface area (TPSA) is 78.4 Å². The molecule has 0 saturated carbocycles. The van der Waals surface area contributed by atoms with Crippen molar-refractivity contribution in [1.29, 1.82) is 0 Å². The smallest absolute Gasteiger partial charge is 0.252 e. The van der Waals surface area contributed by atoms with E-state index in [1.807, 2.05) is 13.8 Å². The number of nitrogens with one attached hydrogen (secondary N) is 2. The van der Waals surface area contributed by atoms with Crippen LogP contribution >= 0.6 is 0 Å². The van der Waals surface area contributed by atoms with Crippen LogP contribution in [0.2, 0.25) is 0 Å². The molecule has 0 unspecified atom stereocenters. The predicted octanol–water partition coefficient (Wildman–Crippen LogP) is 3.58. The van der Waals surface area contributed by atoms with Crippen LogP contribution in [0.1, 0.15) is 53.0 Å². The van der Waals surface area contributed by atoms with E-state index in [1.54, 1.807) is 36.4 Å². The Balaban J connectivity index is 2.29. The van der Waals surface area contributed by atoms with Gasteiger partial charge in [0.1, 0.15) is 5.75 Å². The lowest BCUT2D eigenvalue weighted by Gasteiger charge is -2.11. The molecule has 1 amide bonds. The summed E-state index contributed by atoms with van der Waals surface area (Å²) in [4.78, 5) is 25.2. The van der Waals surface area contributed by atoms with Gasteiger partial charge in [0.25, 0.3) is 5.91 Å². The number of phenolic OH excluding ortho intramolecular Hbond substituents is 1. The first-order valence-electron chi connectivity index (χ1n) is 8.57. The molecule has 25 heavy (non-hydrogen) atoms. The Morgan fingerprint density at radius 3 is 2.36 bits per heavy atom. The first kappa shape index (κ1) is 18.5. The highest BCUT2D eigenvalue weighted by Gasteiger charge is 2.20. The van der Waals surface area contributed by atoms with E-state index in [0.717, 1.165) is 18.5 Å². The minimum Gasteiger partial charge on any atom is -0.507 e. The standard InChI is InChI=1S/C20H24N2O3/c1-3-5-12-22-20(25)16-9-7-6-8-15(16)19(24)17-11-10-14(21-4-2)13-18(17)23/h6-11,13,21,23H,3-5,12H2,1-2H3,(H,22,25). The first-order chi connectivity index (χ1) is 12.1. The first-order valence-corrected chi connectivity index (χ1v) is 8.57. The lowest BCUT2D eigenvalue weighted by atomic mass is 9.97. The fourth-order valence-corrected chi connectivity index (χ4v) is 2.54. The molecule has 0 atom stereocenters. The SMILES string of the molecule is CCCCNC(=O)c1ccccc1C(=O)c1ccc(NCC)cc1O. The molecular weight excluding hydrogens is 316 g/mol. The molecule has 2 rings (SSSR count). The maximum absolute atomic E-state index is 12.8. The fourth-order valence-electron chi connectivity index (χ4n) is 2.54. The molecule has 5 nitrogen and oxygen atoms in total. The van der Waals surface area contributed by atoms with Crippen LogP contribution in [0.4, 0.5) is 5.69 Å². The highest BCUT2D eigenvalue weighted by Crippen LogP contribution is 2.25. The number of carbonyl (C=O) groups is 2. The average molecular weight is 340 g/mol. The Morgan fingerprint density at radius 1 is 1.00 bits per heavy atom. The van der Waals surface area contributed by atoms with E-state index >= 15 is 0 Å². The van der Waals surface area contributed by atoms with Crippen molar-refractivity contribution in [3.63, 3.8) is 0 Å². The van der Waals surface area contributed by atoms with Gasteiger partial charge in [0.2, 0.25) is 0 Å². The Bertz CT molecular complexity index is 756. The van der Waals surface area contributed by atoms with Crippen molar-refractivity contribution in [1.82, 2.24) is 5.32 Å². The monoisotopic (exact) mass is 340 g/mol. The molecule has 132 valence electrons. The van der Waals surface area contributed by atoms with Gasteiger partial charge in [0.05, 0.1) is 11.1 Å². The molecule has 0 aliphatic heterocycles. The van der Waals surface area contributed by atoms with Gasteiger partial charge in [0.15, 0.2) is 5.78 Å². The van der Waals surface area contributed by atoms with Gasteiger partial charge in [0, 0.05) is 30.4 Å². The summed E-state index contributed by atoms with van der Waals surface area (Å²) in [5.74, 6) is -0.757. The Morgan fingerprint density at radius 2 is 1.72 bits per heavy atom. The number of rotatable bonds is 8. The fraction of sp³-hybridized carbons (Fsp3) is 0.300. The summed E-state index contributed by atoms with van der Waals surface area (Å²) >= 11 is 0. The van der Waals surface area contributed by atoms with E-state index in [2.05, 4.69) is 10.6 Å². The molecule has 0 heterocycles. The molecule has 3 N–H and O–H groups in total. The second-order valence-electron chi connectivity index (χ2n) is 5.75. The number of hydrogen-bond donors (Lipinski definition) is 3. The second kappa shape index (κ2) is 8.87. The number of hydrogen-bond acceptors (Lipinski definition) is 4. The summed E-state index contributed by atoms with van der Waals surface area (Å²) in [6, 6.07) is 11.5. The Kier molecular flexibility index (Phi) is 6.57. The van der Waals surface area contributed by atoms with Crippen LogP contribution in [0.5, 0.6) is 5.75 Å². The number of ketones is 1. The summed E-state index contributed by atoms with van der Waals surface area (Å²) in [7, 11) is 0. The minimum absolute atomic E-state index is 0.107. The zero-order chi connectivity index (χ0) is 18.2. The molecule has 0 bridgehead atoms. The van der Waals surface area contributed by atoms with Crippen molar-refractivity contribution in [2.45, 2.75) is 26.7 Å². The molecule has 0 radical (unpaired) electrons. The van der Waals surface area contributed by atoms with Crippen LogP contribution in [0, 0.1) is 0 Å². The summed E-state index contributed by atoms with van der Waals surface area (Å²) in [5, 5.41) is 16.1. The van der Waals surface area contributed by atoms with Crippen molar-refractivity contribution in [2.24, 2.45) is 0 Å². The van der Waals surface area contributed by atoms with Gasteiger partial charge in [-0.3, -0.25) is 9.59 Å². The normalized spacial score (nSPS) is 10.3. The molecule has 5 heteroatoms. The lowest BCUT2D eigenvalue weighted by molar-refractivity contribution is 0.0941. The van der Waals surface area contributed by atoms with Crippen LogP contribution < -0.4 is 10.6 Å². The molecule has 0 spiro atoms. The zero-order valence-electron chi connectivity index (χ0n) is 14.6. The molecular formula is C20H24N2O3. The van der Waals surface area contributed by atoms with Gasteiger partial charge in [-0.05, 0) is 31.5 Å². The van der Waals surface area contributed by atoms with Gasteiger partial charge in [-0.2, -0.15) is 0 Å². The predicted molar refractivity (Wildman–Crippen MR) is 99.4 cm³/mol. The quantitative estimate of drug-likeness (QED) is 0.507. The maximum atomic E-state index is 12.8. The third-order valence-electron chi connectivity index (χ3n) is 3.86. The molecule has 0 aliphatic carbocycles. The second-order valence-corrected chi connectivity index (χ2v) is 5.75. The van der Waals surface area contributed by atoms with Crippen molar-refractivity contribution >= 4 is 17.4 Å². The van der Waals surface area contributed by atoms with Crippen LogP contribution in [0.15, 0.2) is 42.5 Å². The zero-order valence-corrected chi connectivity index (χ0v) is 14.6. The Hall–Kier alpha value is -2.82. The highest BCUT2D eigenvalue weighted by atomic mass is 16.3. The number of carbonyl (C=O) groups excluding carboxylic acids is 2. The van der Waals surface area contributed by atoms with Crippen molar-refractivity contribution in [2.75, 3.05) is 18.4 Å². The highest BCUT2D eigenvalue weighted by molar-refractivity contribution is 6.16. The van der Waals surface area contributed by atoms with Crippen LogP contribution in [0.25, 0.3) is 0 Å². The Labute approximate surface area is 148 Å². The van der Waals surface area contributed by atoms with Gasteiger partial charge < -0.3 is 15.7 Å². The number of amides is 1. The lowest BCUT2D eigenvalue weighted by Crippen LogP contribution is -2.26. The third kappa shape index (κ3) is 4.59. The van der Waals surface area contributed by atoms with E-state index in [4.69, 9.17) is 0 Å². The summed E-state index contributed by atoms with van der Waals surface area (Å²) in [6.45, 7) is 5.28. The number of anilines is 1. The molecule has 2 aromatic carbocycles. The molecule has 0 aliphatic rings. The van der Waals surface area contributed by atoms with Crippen LogP contribution in [0.3, 0.4) is 0 Å². The van der Waals surface area contributed by atoms with E-state index in [1.165, 1.54) is 6.07 Å². The van der Waals surface area contributed by atoms with Crippen molar-refractivity contribution in [3.8, 4) is 5.75 Å². The van der Waals surface area contributed by atoms with Crippen LogP contribution in [-0.4, -0.2) is 29.9 Å². The minimum atomic E-state index is -0.373. The summed E-state index contributed by atoms with van der Waals surface area (Å²) in [6.07, 6.45) is 1.86. The number of phenols is 1. The summed E-state index contributed by atoms with van der Waals surface area (Å²) < 4.78 is 0. The molecule has 2 aromatic rings. The average Bonchev–Trinajstić information content (AvgIpc) is 2.62. The molecule has 0 fully saturated rings. The number of aromatic hydroxyl groups is 1. The largest absolute Gasteiger partial charge is 0.507 e. The van der Waals surface area contributed by atoms with Gasteiger partial charge >= 0.3 is 0 Å². The third-order valence-corrected chi connectivity index (χ3v) is 3.86. The van der Waals surface area contributed by atoms with Crippen molar-refractivity contribution in [3.05, 3.63) is 59.2 Å². The van der Waals surface area contributed by atoms with Crippen molar-refractivity contribution < 1.29 is 14.7 Å². The van der Waals surface area contributed by atoms with E-state index in [-0.39, 0.29) is 28.6 Å². The van der Waals surface area contributed by atoms with Crippen LogP contribution in [-0.2, 0) is 0 Å². The van der Waals surface area contributed by atoms with Gasteiger partial charge in [-0.15, -0.1) is 0 Å². The van der Waals surface area contributed by atoms with E-state index < -0.39 is 0 Å².